The van der Waals surface area contributed by atoms with Crippen molar-refractivity contribution >= 4 is 11.9 Å². The van der Waals surface area contributed by atoms with E-state index in [1.165, 1.54) is 0 Å². The lowest BCUT2D eigenvalue weighted by Gasteiger charge is -2.11. The van der Waals surface area contributed by atoms with Gasteiger partial charge < -0.3 is 22.1 Å². The average molecular weight is 159 g/mol. The minimum Gasteiger partial charge on any atom is -0.370 e. The van der Waals surface area contributed by atoms with Gasteiger partial charge in [-0.3, -0.25) is 10.2 Å². The van der Waals surface area contributed by atoms with Crippen LogP contribution in [0.5, 0.6) is 0 Å². The zero-order chi connectivity index (χ0) is 8.69. The molecule has 0 unspecified atom stereocenters. The summed E-state index contributed by atoms with van der Waals surface area (Å²) in [6.07, 6.45) is 0. The molecule has 64 valence electrons. The number of nitrogens with one attached hydrogen (secondary N) is 3. The van der Waals surface area contributed by atoms with Gasteiger partial charge in [-0.05, 0) is 0 Å². The maximum atomic E-state index is 10.3. The Balaban J connectivity index is 0.000000218. The third kappa shape index (κ3) is 8.70. The monoisotopic (exact) mass is 159 g/mol. The summed E-state index contributed by atoms with van der Waals surface area (Å²) in [7, 11) is 0. The molecular formula is C5H13N5O. The topological polar surface area (TPSA) is 117 Å². The Morgan fingerprint density at radius 1 is 1.45 bits per heavy atom. The smallest absolute Gasteiger partial charge is 0.234 e. The molecule has 0 aromatic rings. The normalized spacial score (nSPS) is 15.8. The lowest BCUT2D eigenvalue weighted by Crippen LogP contribution is -2.44. The van der Waals surface area contributed by atoms with Crippen LogP contribution in [0.4, 0.5) is 0 Å². The number of amides is 1. The van der Waals surface area contributed by atoms with Crippen molar-refractivity contribution in [3.8, 4) is 0 Å². The summed E-state index contributed by atoms with van der Waals surface area (Å²) in [5.74, 6) is -0.230. The second kappa shape index (κ2) is 5.48. The highest BCUT2D eigenvalue weighted by atomic mass is 16.2. The molecule has 0 aromatic heterocycles. The van der Waals surface area contributed by atoms with Crippen LogP contribution >= 0.6 is 0 Å². The van der Waals surface area contributed by atoms with Crippen LogP contribution in [0.25, 0.3) is 0 Å². The lowest BCUT2D eigenvalue weighted by molar-refractivity contribution is -0.121. The first kappa shape index (κ1) is 9.70. The molecule has 7 N–H and O–H groups in total. The largest absolute Gasteiger partial charge is 0.370 e. The van der Waals surface area contributed by atoms with E-state index in [1.54, 1.807) is 0 Å². The molecule has 11 heavy (non-hydrogen) atoms. The van der Waals surface area contributed by atoms with Gasteiger partial charge in [-0.2, -0.15) is 0 Å². The second-order valence-corrected chi connectivity index (χ2v) is 1.98. The van der Waals surface area contributed by atoms with Crippen molar-refractivity contribution in [2.45, 2.75) is 0 Å². The van der Waals surface area contributed by atoms with Gasteiger partial charge in [0.15, 0.2) is 5.96 Å². The zero-order valence-corrected chi connectivity index (χ0v) is 6.18. The van der Waals surface area contributed by atoms with Gasteiger partial charge in [-0.1, -0.05) is 0 Å². The van der Waals surface area contributed by atoms with Crippen LogP contribution < -0.4 is 22.1 Å². The fourth-order valence-corrected chi connectivity index (χ4v) is 0.555. The van der Waals surface area contributed by atoms with Gasteiger partial charge in [-0.15, -0.1) is 0 Å². The van der Waals surface area contributed by atoms with E-state index in [1.807, 2.05) is 0 Å². The standard InChI is InChI=1S/C4H8N2O.CH5N3/c7-4-3-5-1-2-6-4;2-1(3)4/h5H,1-3H2,(H,6,7);(H5,2,3,4). The fourth-order valence-electron chi connectivity index (χ4n) is 0.555. The van der Waals surface area contributed by atoms with Gasteiger partial charge in [0, 0.05) is 13.1 Å². The molecule has 1 heterocycles. The maximum absolute atomic E-state index is 10.3. The number of rotatable bonds is 0. The first-order valence-corrected chi connectivity index (χ1v) is 3.20. The van der Waals surface area contributed by atoms with Crippen molar-refractivity contribution in [3.63, 3.8) is 0 Å². The van der Waals surface area contributed by atoms with Crippen molar-refractivity contribution in [1.29, 1.82) is 5.41 Å². The third-order valence-electron chi connectivity index (χ3n) is 0.910. The SMILES string of the molecule is N=C(N)N.O=C1CNCCN1. The van der Waals surface area contributed by atoms with E-state index in [0.717, 1.165) is 13.1 Å². The number of piperazine rings is 1. The van der Waals surface area contributed by atoms with Crippen molar-refractivity contribution in [2.75, 3.05) is 19.6 Å². The summed E-state index contributed by atoms with van der Waals surface area (Å²) in [5.41, 5.74) is 8.94. The first-order valence-electron chi connectivity index (χ1n) is 3.20. The lowest BCUT2D eigenvalue weighted by atomic mass is 10.4. The number of carbonyl (C=O) groups is 1. The molecule has 1 fully saturated rings. The molecule has 1 aliphatic rings. The Bertz CT molecular complexity index is 134. The van der Waals surface area contributed by atoms with Crippen LogP contribution in [0.3, 0.4) is 0 Å². The van der Waals surface area contributed by atoms with Gasteiger partial charge >= 0.3 is 0 Å². The highest BCUT2D eigenvalue weighted by molar-refractivity contribution is 5.78. The molecule has 1 amide bonds. The van der Waals surface area contributed by atoms with Crippen molar-refractivity contribution < 1.29 is 4.79 Å². The Hall–Kier alpha value is -1.30. The molecular weight excluding hydrogens is 146 g/mol. The molecule has 1 saturated heterocycles. The molecule has 0 spiro atoms. The van der Waals surface area contributed by atoms with E-state index in [0.29, 0.717) is 6.54 Å². The van der Waals surface area contributed by atoms with Crippen molar-refractivity contribution in [2.24, 2.45) is 11.5 Å². The number of hydrogen-bond donors (Lipinski definition) is 5. The highest BCUT2D eigenvalue weighted by Gasteiger charge is 2.02. The fraction of sp³-hybridized carbons (Fsp3) is 0.600. The molecule has 0 radical (unpaired) electrons. The second-order valence-electron chi connectivity index (χ2n) is 1.98. The van der Waals surface area contributed by atoms with Gasteiger partial charge in [0.05, 0.1) is 6.54 Å². The molecule has 0 bridgehead atoms. The minimum absolute atomic E-state index is 0.103. The van der Waals surface area contributed by atoms with E-state index in [2.05, 4.69) is 22.1 Å². The molecule has 0 saturated carbocycles. The van der Waals surface area contributed by atoms with E-state index in [4.69, 9.17) is 5.41 Å². The highest BCUT2D eigenvalue weighted by Crippen LogP contribution is 1.69. The van der Waals surface area contributed by atoms with Gasteiger partial charge in [0.1, 0.15) is 0 Å². The zero-order valence-electron chi connectivity index (χ0n) is 6.18. The predicted octanol–water partition coefficient (Wildman–Crippen LogP) is -2.46. The summed E-state index contributed by atoms with van der Waals surface area (Å²) in [4.78, 5) is 10.3. The number of hydrogen-bond acceptors (Lipinski definition) is 3. The number of carbonyl (C=O) groups excluding carboxylic acids is 1. The van der Waals surface area contributed by atoms with Crippen LogP contribution in [0.15, 0.2) is 0 Å². The third-order valence-corrected chi connectivity index (χ3v) is 0.910. The molecule has 6 nitrogen and oxygen atoms in total. The maximum Gasteiger partial charge on any atom is 0.234 e. The predicted molar refractivity (Wildman–Crippen MR) is 42.0 cm³/mol. The summed E-state index contributed by atoms with van der Waals surface area (Å²) in [5, 5.41) is 11.7. The summed E-state index contributed by atoms with van der Waals surface area (Å²) < 4.78 is 0. The van der Waals surface area contributed by atoms with E-state index >= 15 is 0 Å². The van der Waals surface area contributed by atoms with E-state index in [-0.39, 0.29) is 11.9 Å². The van der Waals surface area contributed by atoms with E-state index in [9.17, 15) is 4.79 Å². The first-order chi connectivity index (χ1) is 5.13. The molecule has 1 aliphatic heterocycles. The van der Waals surface area contributed by atoms with Crippen molar-refractivity contribution in [1.82, 2.24) is 10.6 Å². The van der Waals surface area contributed by atoms with Crippen LogP contribution in [0.2, 0.25) is 0 Å². The quantitative estimate of drug-likeness (QED) is 0.199. The van der Waals surface area contributed by atoms with Crippen molar-refractivity contribution in [3.05, 3.63) is 0 Å². The molecule has 0 atom stereocenters. The van der Waals surface area contributed by atoms with Gasteiger partial charge in [-0.25, -0.2) is 0 Å². The van der Waals surface area contributed by atoms with Crippen LogP contribution in [0.1, 0.15) is 0 Å². The number of nitrogens with two attached hydrogens (primary N) is 2. The average Bonchev–Trinajstić information content (AvgIpc) is 1.87. The summed E-state index contributed by atoms with van der Waals surface area (Å²) in [6.45, 7) is 2.17. The van der Waals surface area contributed by atoms with Gasteiger partial charge in [0.25, 0.3) is 0 Å². The summed E-state index contributed by atoms with van der Waals surface area (Å²) >= 11 is 0. The molecule has 0 aromatic carbocycles. The number of guanidine groups is 1. The summed E-state index contributed by atoms with van der Waals surface area (Å²) in [6, 6.07) is 0. The Morgan fingerprint density at radius 3 is 2.18 bits per heavy atom. The Morgan fingerprint density at radius 2 is 2.00 bits per heavy atom. The molecule has 0 aliphatic carbocycles. The Labute approximate surface area is 64.8 Å². The molecule has 6 heteroatoms. The molecule has 1 rings (SSSR count). The Kier molecular flexibility index (Phi) is 4.83. The van der Waals surface area contributed by atoms with Gasteiger partial charge in [0.2, 0.25) is 5.91 Å². The van der Waals surface area contributed by atoms with Crippen LogP contribution in [-0.4, -0.2) is 31.5 Å². The van der Waals surface area contributed by atoms with Crippen LogP contribution in [-0.2, 0) is 4.79 Å². The minimum atomic E-state index is -0.333. The van der Waals surface area contributed by atoms with Crippen LogP contribution in [0, 0.1) is 5.41 Å². The van der Waals surface area contributed by atoms with E-state index < -0.39 is 0 Å².